The van der Waals surface area contributed by atoms with Crippen molar-refractivity contribution in [2.45, 2.75) is 6.92 Å². The standard InChI is InChI=1S/C5H9NS/c1-5(2)7-4-6-3/h4H,1H2,2-3H3/b6-4+. The fourth-order valence-electron chi connectivity index (χ4n) is 0.143. The molecule has 0 spiro atoms. The lowest BCUT2D eigenvalue weighted by Crippen LogP contribution is -1.61. The summed E-state index contributed by atoms with van der Waals surface area (Å²) in [4.78, 5) is 4.83. The monoisotopic (exact) mass is 115 g/mol. The van der Waals surface area contributed by atoms with Crippen molar-refractivity contribution in [1.82, 2.24) is 0 Å². The van der Waals surface area contributed by atoms with Crippen molar-refractivity contribution in [1.29, 1.82) is 0 Å². The molecule has 0 aliphatic heterocycles. The molecule has 0 aromatic heterocycles. The minimum atomic E-state index is 1.07. The van der Waals surface area contributed by atoms with Crippen LogP contribution >= 0.6 is 11.8 Å². The van der Waals surface area contributed by atoms with Crippen LogP contribution in [0.3, 0.4) is 0 Å². The number of nitrogens with zero attached hydrogens (tertiary/aromatic N) is 1. The Morgan fingerprint density at radius 3 is 2.57 bits per heavy atom. The molecule has 0 unspecified atom stereocenters. The van der Waals surface area contributed by atoms with Gasteiger partial charge in [0.1, 0.15) is 0 Å². The molecule has 7 heavy (non-hydrogen) atoms. The van der Waals surface area contributed by atoms with Crippen LogP contribution in [-0.2, 0) is 0 Å². The third-order valence-corrected chi connectivity index (χ3v) is 1.08. The summed E-state index contributed by atoms with van der Waals surface area (Å²) in [5.41, 5.74) is 1.77. The molecule has 0 atom stereocenters. The van der Waals surface area contributed by atoms with E-state index in [1.54, 1.807) is 24.4 Å². The van der Waals surface area contributed by atoms with E-state index >= 15 is 0 Å². The fraction of sp³-hybridized carbons (Fsp3) is 0.400. The van der Waals surface area contributed by atoms with Gasteiger partial charge in [0.05, 0.1) is 5.55 Å². The van der Waals surface area contributed by atoms with Crippen LogP contribution in [0.2, 0.25) is 0 Å². The minimum Gasteiger partial charge on any atom is -0.289 e. The normalized spacial score (nSPS) is 10.0. The van der Waals surface area contributed by atoms with E-state index in [2.05, 4.69) is 11.6 Å². The van der Waals surface area contributed by atoms with Crippen LogP contribution in [0.4, 0.5) is 0 Å². The van der Waals surface area contributed by atoms with Gasteiger partial charge in [-0.3, -0.25) is 4.99 Å². The van der Waals surface area contributed by atoms with E-state index in [1.165, 1.54) is 0 Å². The number of allylic oxidation sites excluding steroid dienone is 1. The van der Waals surface area contributed by atoms with Gasteiger partial charge in [0.25, 0.3) is 0 Å². The molecule has 1 nitrogen and oxygen atoms in total. The van der Waals surface area contributed by atoms with Crippen molar-refractivity contribution in [3.63, 3.8) is 0 Å². The summed E-state index contributed by atoms with van der Waals surface area (Å²) in [5, 5.41) is 0. The minimum absolute atomic E-state index is 1.07. The number of hydrogen-bond donors (Lipinski definition) is 0. The summed E-state index contributed by atoms with van der Waals surface area (Å²) >= 11 is 1.55. The quantitative estimate of drug-likeness (QED) is 0.395. The second-order valence-electron chi connectivity index (χ2n) is 1.18. The van der Waals surface area contributed by atoms with Crippen molar-refractivity contribution in [2.75, 3.05) is 7.05 Å². The summed E-state index contributed by atoms with van der Waals surface area (Å²) in [6.45, 7) is 5.62. The summed E-state index contributed by atoms with van der Waals surface area (Å²) in [7, 11) is 1.75. The van der Waals surface area contributed by atoms with Crippen LogP contribution in [0, 0.1) is 0 Å². The fourth-order valence-corrected chi connectivity index (χ4v) is 0.428. The van der Waals surface area contributed by atoms with Gasteiger partial charge in [-0.1, -0.05) is 18.3 Å². The molecule has 0 amide bonds. The highest BCUT2D eigenvalue weighted by molar-refractivity contribution is 8.15. The first-order valence-corrected chi connectivity index (χ1v) is 2.88. The molecule has 40 valence electrons. The second-order valence-corrected chi connectivity index (χ2v) is 2.33. The zero-order chi connectivity index (χ0) is 5.70. The summed E-state index contributed by atoms with van der Waals surface area (Å²) in [5.74, 6) is 0. The summed E-state index contributed by atoms with van der Waals surface area (Å²) < 4.78 is 0. The molecule has 0 saturated carbocycles. The van der Waals surface area contributed by atoms with Crippen LogP contribution in [-0.4, -0.2) is 12.6 Å². The molecule has 0 aromatic rings. The van der Waals surface area contributed by atoms with Crippen molar-refractivity contribution in [3.8, 4) is 0 Å². The highest BCUT2D eigenvalue weighted by Crippen LogP contribution is 2.06. The molecule has 0 aromatic carbocycles. The maximum Gasteiger partial charge on any atom is 0.0582 e. The van der Waals surface area contributed by atoms with E-state index in [0.717, 1.165) is 4.91 Å². The molecule has 0 saturated heterocycles. The lowest BCUT2D eigenvalue weighted by molar-refractivity contribution is 1.49. The Morgan fingerprint density at radius 1 is 1.86 bits per heavy atom. The maximum absolute atomic E-state index is 3.75. The smallest absolute Gasteiger partial charge is 0.0582 e. The third-order valence-electron chi connectivity index (χ3n) is 0.359. The van der Waals surface area contributed by atoms with Crippen LogP contribution in [0.1, 0.15) is 6.92 Å². The Labute approximate surface area is 48.5 Å². The van der Waals surface area contributed by atoms with Gasteiger partial charge >= 0.3 is 0 Å². The molecular formula is C5H9NS. The van der Waals surface area contributed by atoms with E-state index in [9.17, 15) is 0 Å². The van der Waals surface area contributed by atoms with E-state index in [-0.39, 0.29) is 0 Å². The molecule has 0 heterocycles. The van der Waals surface area contributed by atoms with Gasteiger partial charge in [0.2, 0.25) is 0 Å². The van der Waals surface area contributed by atoms with Crippen LogP contribution < -0.4 is 0 Å². The van der Waals surface area contributed by atoms with E-state index in [0.29, 0.717) is 0 Å². The molecular weight excluding hydrogens is 106 g/mol. The molecule has 0 fully saturated rings. The second kappa shape index (κ2) is 3.93. The first-order valence-electron chi connectivity index (χ1n) is 2.00. The highest BCUT2D eigenvalue weighted by Gasteiger charge is 1.75. The Hall–Kier alpha value is -0.240. The molecule has 0 aliphatic rings. The molecule has 0 aliphatic carbocycles. The van der Waals surface area contributed by atoms with Gasteiger partial charge in [-0.15, -0.1) is 0 Å². The lowest BCUT2D eigenvalue weighted by Gasteiger charge is -1.83. The lowest BCUT2D eigenvalue weighted by atomic mass is 10.8. The number of aliphatic imine (C=N–C) groups is 1. The van der Waals surface area contributed by atoms with Gasteiger partial charge in [-0.05, 0) is 11.8 Å². The molecule has 2 heteroatoms. The average Bonchev–Trinajstić information content (AvgIpc) is 1.61. The third kappa shape index (κ3) is 5.76. The Kier molecular flexibility index (Phi) is 3.80. The van der Waals surface area contributed by atoms with Crippen molar-refractivity contribution < 1.29 is 0 Å². The van der Waals surface area contributed by atoms with E-state index < -0.39 is 0 Å². The zero-order valence-electron chi connectivity index (χ0n) is 4.64. The van der Waals surface area contributed by atoms with Crippen LogP contribution in [0.25, 0.3) is 0 Å². The topological polar surface area (TPSA) is 12.4 Å². The molecule has 0 N–H and O–H groups in total. The van der Waals surface area contributed by atoms with Gasteiger partial charge in [0, 0.05) is 7.05 Å². The van der Waals surface area contributed by atoms with E-state index in [1.807, 2.05) is 6.92 Å². The van der Waals surface area contributed by atoms with Crippen LogP contribution in [0.15, 0.2) is 16.5 Å². The van der Waals surface area contributed by atoms with Crippen molar-refractivity contribution in [3.05, 3.63) is 11.5 Å². The largest absolute Gasteiger partial charge is 0.289 e. The number of rotatable bonds is 2. The predicted octanol–water partition coefficient (Wildman–Crippen LogP) is 1.91. The van der Waals surface area contributed by atoms with Crippen molar-refractivity contribution >= 4 is 17.3 Å². The van der Waals surface area contributed by atoms with Crippen molar-refractivity contribution in [2.24, 2.45) is 4.99 Å². The first kappa shape index (κ1) is 6.76. The number of thioether (sulfide) groups is 1. The predicted molar refractivity (Wildman–Crippen MR) is 36.8 cm³/mol. The molecule has 0 rings (SSSR count). The highest BCUT2D eigenvalue weighted by atomic mass is 32.2. The SMILES string of the molecule is C=C(C)S/C=N/C. The zero-order valence-corrected chi connectivity index (χ0v) is 5.46. The van der Waals surface area contributed by atoms with Crippen LogP contribution in [0.5, 0.6) is 0 Å². The van der Waals surface area contributed by atoms with Gasteiger partial charge < -0.3 is 0 Å². The Balaban J connectivity index is 3.14. The average molecular weight is 115 g/mol. The van der Waals surface area contributed by atoms with Gasteiger partial charge in [0.15, 0.2) is 0 Å². The maximum atomic E-state index is 3.75. The number of hydrogen-bond acceptors (Lipinski definition) is 2. The van der Waals surface area contributed by atoms with Gasteiger partial charge in [-0.2, -0.15) is 0 Å². The van der Waals surface area contributed by atoms with Gasteiger partial charge in [-0.25, -0.2) is 0 Å². The van der Waals surface area contributed by atoms with E-state index in [4.69, 9.17) is 0 Å². The Morgan fingerprint density at radius 2 is 2.43 bits per heavy atom. The Bertz CT molecular complexity index is 86.1. The first-order chi connectivity index (χ1) is 3.27. The summed E-state index contributed by atoms with van der Waals surface area (Å²) in [6.07, 6.45) is 0. The summed E-state index contributed by atoms with van der Waals surface area (Å²) in [6, 6.07) is 0. The molecule has 0 radical (unpaired) electrons. The molecule has 0 bridgehead atoms.